The Morgan fingerprint density at radius 1 is 1.00 bits per heavy atom. The highest BCUT2D eigenvalue weighted by Gasteiger charge is 2.44. The summed E-state index contributed by atoms with van der Waals surface area (Å²) in [5, 5.41) is 47.1. The Balaban J connectivity index is 2.08. The first-order valence-electron chi connectivity index (χ1n) is 5.79. The summed E-state index contributed by atoms with van der Waals surface area (Å²) in [7, 11) is 0. The van der Waals surface area contributed by atoms with E-state index in [0.29, 0.717) is 5.75 Å². The van der Waals surface area contributed by atoms with Crippen LogP contribution in [0.4, 0.5) is 0 Å². The van der Waals surface area contributed by atoms with E-state index in [0.717, 1.165) is 0 Å². The maximum atomic E-state index is 9.75. The van der Waals surface area contributed by atoms with E-state index in [2.05, 4.69) is 0 Å². The molecule has 0 amide bonds. The van der Waals surface area contributed by atoms with Gasteiger partial charge in [0, 0.05) is 0 Å². The monoisotopic (exact) mass is 272 g/mol. The number of aromatic hydroxyl groups is 1. The van der Waals surface area contributed by atoms with Gasteiger partial charge in [-0.1, -0.05) is 0 Å². The number of aliphatic hydroxyl groups is 4. The van der Waals surface area contributed by atoms with E-state index >= 15 is 0 Å². The highest BCUT2D eigenvalue weighted by Crippen LogP contribution is 2.25. The van der Waals surface area contributed by atoms with Gasteiger partial charge in [0.1, 0.15) is 35.9 Å². The van der Waals surface area contributed by atoms with Crippen LogP contribution in [0.25, 0.3) is 0 Å². The number of aliphatic hydroxyl groups excluding tert-OH is 4. The van der Waals surface area contributed by atoms with Crippen LogP contribution in [0.15, 0.2) is 24.3 Å². The van der Waals surface area contributed by atoms with E-state index in [1.54, 1.807) is 0 Å². The zero-order valence-corrected chi connectivity index (χ0v) is 9.96. The molecule has 1 aromatic rings. The van der Waals surface area contributed by atoms with Crippen LogP contribution in [0, 0.1) is 0 Å². The van der Waals surface area contributed by atoms with E-state index in [1.165, 1.54) is 24.3 Å². The van der Waals surface area contributed by atoms with Crippen molar-refractivity contribution in [1.29, 1.82) is 0 Å². The van der Waals surface area contributed by atoms with Crippen molar-refractivity contribution in [1.82, 2.24) is 0 Å². The number of rotatable bonds is 3. The minimum absolute atomic E-state index is 0.0566. The maximum absolute atomic E-state index is 9.75. The summed E-state index contributed by atoms with van der Waals surface area (Å²) in [4.78, 5) is 0. The van der Waals surface area contributed by atoms with Gasteiger partial charge in [-0.2, -0.15) is 0 Å². The fourth-order valence-electron chi connectivity index (χ4n) is 1.82. The van der Waals surface area contributed by atoms with Crippen LogP contribution in [0.2, 0.25) is 0 Å². The lowest BCUT2D eigenvalue weighted by atomic mass is 9.99. The van der Waals surface area contributed by atoms with Crippen LogP contribution >= 0.6 is 0 Å². The normalized spacial score (nSPS) is 35.1. The van der Waals surface area contributed by atoms with Crippen molar-refractivity contribution in [3.8, 4) is 11.5 Å². The van der Waals surface area contributed by atoms with E-state index in [1.807, 2.05) is 0 Å². The van der Waals surface area contributed by atoms with Gasteiger partial charge in [-0.25, -0.2) is 0 Å². The number of phenols is 1. The number of hydrogen-bond acceptors (Lipinski definition) is 7. The molecule has 1 aliphatic heterocycles. The van der Waals surface area contributed by atoms with Crippen molar-refractivity contribution in [3.05, 3.63) is 24.3 Å². The molecule has 2 rings (SSSR count). The summed E-state index contributed by atoms with van der Waals surface area (Å²) in [5.74, 6) is 0.364. The van der Waals surface area contributed by atoms with Gasteiger partial charge in [0.25, 0.3) is 0 Å². The molecule has 0 bridgehead atoms. The van der Waals surface area contributed by atoms with Gasteiger partial charge in [0.15, 0.2) is 0 Å². The second kappa shape index (κ2) is 5.72. The van der Waals surface area contributed by atoms with Gasteiger partial charge in [0.2, 0.25) is 6.29 Å². The lowest BCUT2D eigenvalue weighted by molar-refractivity contribution is -0.277. The molecule has 0 spiro atoms. The first kappa shape index (κ1) is 14.0. The van der Waals surface area contributed by atoms with Gasteiger partial charge in [-0.15, -0.1) is 0 Å². The lowest BCUT2D eigenvalue weighted by Gasteiger charge is -2.39. The second-order valence-electron chi connectivity index (χ2n) is 4.31. The Labute approximate surface area is 109 Å². The van der Waals surface area contributed by atoms with E-state index in [4.69, 9.17) is 19.7 Å². The van der Waals surface area contributed by atoms with Crippen molar-refractivity contribution in [2.45, 2.75) is 30.7 Å². The molecule has 5 N–H and O–H groups in total. The molecule has 0 aliphatic carbocycles. The van der Waals surface area contributed by atoms with Crippen molar-refractivity contribution in [2.75, 3.05) is 6.61 Å². The Kier molecular flexibility index (Phi) is 4.23. The quantitative estimate of drug-likeness (QED) is 0.457. The highest BCUT2D eigenvalue weighted by atomic mass is 16.7. The molecular weight excluding hydrogens is 256 g/mol. The molecule has 5 atom stereocenters. The molecule has 1 saturated heterocycles. The number of phenolic OH excluding ortho intramolecular Hbond substituents is 1. The molecule has 0 radical (unpaired) electrons. The van der Waals surface area contributed by atoms with Crippen LogP contribution in [-0.4, -0.2) is 62.8 Å². The summed E-state index contributed by atoms with van der Waals surface area (Å²) in [5.41, 5.74) is 0. The van der Waals surface area contributed by atoms with Gasteiger partial charge >= 0.3 is 0 Å². The predicted octanol–water partition coefficient (Wildman–Crippen LogP) is -1.43. The Bertz CT molecular complexity index is 405. The average molecular weight is 272 g/mol. The molecular formula is C12H16O7. The third kappa shape index (κ3) is 2.96. The van der Waals surface area contributed by atoms with Crippen LogP contribution in [0.3, 0.4) is 0 Å². The van der Waals surface area contributed by atoms with Gasteiger partial charge in [0.05, 0.1) is 6.61 Å². The predicted molar refractivity (Wildman–Crippen MR) is 62.5 cm³/mol. The zero-order chi connectivity index (χ0) is 14.0. The lowest BCUT2D eigenvalue weighted by Crippen LogP contribution is -2.60. The number of hydrogen-bond donors (Lipinski definition) is 5. The third-order valence-electron chi connectivity index (χ3n) is 2.94. The van der Waals surface area contributed by atoms with Gasteiger partial charge in [-0.3, -0.25) is 0 Å². The number of ether oxygens (including phenoxy) is 2. The van der Waals surface area contributed by atoms with Crippen molar-refractivity contribution >= 4 is 0 Å². The zero-order valence-electron chi connectivity index (χ0n) is 9.96. The largest absolute Gasteiger partial charge is 0.508 e. The summed E-state index contributed by atoms with van der Waals surface area (Å²) < 4.78 is 10.5. The Morgan fingerprint density at radius 3 is 2.21 bits per heavy atom. The van der Waals surface area contributed by atoms with Crippen molar-refractivity contribution < 1.29 is 35.0 Å². The maximum Gasteiger partial charge on any atom is 0.229 e. The van der Waals surface area contributed by atoms with Crippen LogP contribution < -0.4 is 4.74 Å². The molecule has 106 valence electrons. The molecule has 1 aromatic carbocycles. The summed E-state index contributed by atoms with van der Waals surface area (Å²) >= 11 is 0. The standard InChI is InChI=1S/C12H16O7/c13-5-8-9(15)10(16)11(17)12(19-8)18-7-3-1-6(14)2-4-7/h1-4,8-17H,5H2/t8-,9+,10+,11-,12-/m0/s1. The van der Waals surface area contributed by atoms with E-state index in [9.17, 15) is 15.3 Å². The van der Waals surface area contributed by atoms with Crippen LogP contribution in [-0.2, 0) is 4.74 Å². The molecule has 19 heavy (non-hydrogen) atoms. The topological polar surface area (TPSA) is 120 Å². The first-order chi connectivity index (χ1) is 9.02. The summed E-state index contributed by atoms with van der Waals surface area (Å²) in [6, 6.07) is 5.69. The fraction of sp³-hybridized carbons (Fsp3) is 0.500. The molecule has 0 saturated carbocycles. The first-order valence-corrected chi connectivity index (χ1v) is 5.79. The van der Waals surface area contributed by atoms with Gasteiger partial charge in [-0.05, 0) is 24.3 Å². The molecule has 1 heterocycles. The SMILES string of the molecule is OC[C@@H]1O[C@H](Oc2ccc(O)cc2)[C@@H](O)[C@H](O)[C@@H]1O. The summed E-state index contributed by atoms with van der Waals surface area (Å²) in [6.45, 7) is -0.514. The molecule has 7 nitrogen and oxygen atoms in total. The fourth-order valence-corrected chi connectivity index (χ4v) is 1.82. The Morgan fingerprint density at radius 2 is 1.63 bits per heavy atom. The highest BCUT2D eigenvalue weighted by molar-refractivity contribution is 5.30. The molecule has 0 unspecified atom stereocenters. The minimum atomic E-state index is -1.48. The third-order valence-corrected chi connectivity index (χ3v) is 2.94. The van der Waals surface area contributed by atoms with Crippen LogP contribution in [0.1, 0.15) is 0 Å². The second-order valence-corrected chi connectivity index (χ2v) is 4.31. The molecule has 1 fully saturated rings. The van der Waals surface area contributed by atoms with E-state index < -0.39 is 37.3 Å². The number of benzene rings is 1. The smallest absolute Gasteiger partial charge is 0.229 e. The van der Waals surface area contributed by atoms with Crippen molar-refractivity contribution in [3.63, 3.8) is 0 Å². The molecule has 1 aliphatic rings. The average Bonchev–Trinajstić information content (AvgIpc) is 2.42. The van der Waals surface area contributed by atoms with E-state index in [-0.39, 0.29) is 5.75 Å². The minimum Gasteiger partial charge on any atom is -0.508 e. The van der Waals surface area contributed by atoms with Crippen LogP contribution in [0.5, 0.6) is 11.5 Å². The van der Waals surface area contributed by atoms with Crippen molar-refractivity contribution in [2.24, 2.45) is 0 Å². The molecule has 7 heteroatoms. The van der Waals surface area contributed by atoms with Gasteiger partial charge < -0.3 is 35.0 Å². The molecule has 0 aromatic heterocycles. The Hall–Kier alpha value is -1.38. The summed E-state index contributed by atoms with van der Waals surface area (Å²) in [6.07, 6.45) is -6.58.